The van der Waals surface area contributed by atoms with Crippen molar-refractivity contribution in [3.8, 4) is 0 Å². The van der Waals surface area contributed by atoms with Gasteiger partial charge in [-0.25, -0.2) is 13.2 Å². The minimum atomic E-state index is -3.58. The van der Waals surface area contributed by atoms with E-state index in [1.165, 1.54) is 21.8 Å². The molecule has 1 aliphatic heterocycles. The Morgan fingerprint density at radius 1 is 1.29 bits per heavy atom. The molecule has 1 saturated heterocycles. The molecule has 0 saturated carbocycles. The molecular formula is C18H18ClN3O4S2. The van der Waals surface area contributed by atoms with Gasteiger partial charge >= 0.3 is 5.97 Å². The molecule has 1 N–H and O–H groups in total. The molecule has 28 heavy (non-hydrogen) atoms. The third-order valence-electron chi connectivity index (χ3n) is 5.09. The van der Waals surface area contributed by atoms with Crippen molar-refractivity contribution >= 4 is 49.0 Å². The first-order chi connectivity index (χ1) is 13.3. The van der Waals surface area contributed by atoms with Crippen LogP contribution in [0.25, 0.3) is 10.1 Å². The van der Waals surface area contributed by atoms with E-state index < -0.39 is 16.0 Å². The first-order valence-electron chi connectivity index (χ1n) is 8.74. The number of carboxylic acid groups (broad SMARTS) is 1. The molecule has 4 rings (SSSR count). The predicted molar refractivity (Wildman–Crippen MR) is 108 cm³/mol. The highest BCUT2D eigenvalue weighted by molar-refractivity contribution is 7.91. The third kappa shape index (κ3) is 3.32. The zero-order valence-electron chi connectivity index (χ0n) is 15.0. The summed E-state index contributed by atoms with van der Waals surface area (Å²) >= 11 is 7.24. The van der Waals surface area contributed by atoms with E-state index in [-0.39, 0.29) is 11.6 Å². The van der Waals surface area contributed by atoms with Crippen molar-refractivity contribution in [2.45, 2.75) is 30.0 Å². The Labute approximate surface area is 171 Å². The van der Waals surface area contributed by atoms with Crippen LogP contribution in [0.1, 0.15) is 34.9 Å². The Kier molecular flexibility index (Phi) is 4.95. The normalized spacial score (nSPS) is 16.6. The van der Waals surface area contributed by atoms with Gasteiger partial charge in [0.1, 0.15) is 9.77 Å². The lowest BCUT2D eigenvalue weighted by atomic mass is 10.1. The van der Waals surface area contributed by atoms with Crippen molar-refractivity contribution < 1.29 is 18.3 Å². The molecule has 1 fully saturated rings. The van der Waals surface area contributed by atoms with Gasteiger partial charge in [0, 0.05) is 22.8 Å². The molecule has 0 spiro atoms. The molecule has 3 heterocycles. The number of carboxylic acids is 1. The van der Waals surface area contributed by atoms with E-state index in [1.54, 1.807) is 29.8 Å². The molecule has 0 radical (unpaired) electrons. The molecule has 3 aromatic rings. The van der Waals surface area contributed by atoms with E-state index in [9.17, 15) is 18.3 Å². The molecule has 0 amide bonds. The summed E-state index contributed by atoms with van der Waals surface area (Å²) in [5, 5.41) is 14.8. The van der Waals surface area contributed by atoms with Crippen LogP contribution >= 0.6 is 22.9 Å². The summed E-state index contributed by atoms with van der Waals surface area (Å²) < 4.78 is 30.5. The quantitative estimate of drug-likeness (QED) is 0.667. The molecule has 148 valence electrons. The Balaban J connectivity index is 1.53. The van der Waals surface area contributed by atoms with Gasteiger partial charge < -0.3 is 5.11 Å². The number of hydrogen-bond acceptors (Lipinski definition) is 5. The fraction of sp³-hybridized carbons (Fsp3) is 0.333. The first kappa shape index (κ1) is 19.4. The van der Waals surface area contributed by atoms with Crippen molar-refractivity contribution in [3.63, 3.8) is 0 Å². The predicted octanol–water partition coefficient (Wildman–Crippen LogP) is 3.78. The number of rotatable bonds is 4. The lowest BCUT2D eigenvalue weighted by Gasteiger charge is -2.31. The van der Waals surface area contributed by atoms with Crippen LogP contribution < -0.4 is 0 Å². The van der Waals surface area contributed by atoms with Gasteiger partial charge in [-0.1, -0.05) is 11.6 Å². The lowest BCUT2D eigenvalue weighted by molar-refractivity contribution is 0.0695. The van der Waals surface area contributed by atoms with Gasteiger partial charge in [0.15, 0.2) is 0 Å². The topological polar surface area (TPSA) is 92.5 Å². The standard InChI is InChI=1S/C18H18ClN3O4S2/c1-11-15(18(23)24)10-20-22(11)14-4-6-21(7-5-14)28(25,26)17-9-12-8-13(19)2-3-16(12)27-17/h2-3,8-10,14H,4-7H2,1H3,(H,23,24). The van der Waals surface area contributed by atoms with Crippen molar-refractivity contribution in [2.75, 3.05) is 13.1 Å². The van der Waals surface area contributed by atoms with Gasteiger partial charge in [0.05, 0.1) is 17.9 Å². The van der Waals surface area contributed by atoms with Gasteiger partial charge in [-0.3, -0.25) is 4.68 Å². The van der Waals surface area contributed by atoms with Crippen molar-refractivity contribution in [1.29, 1.82) is 0 Å². The zero-order chi connectivity index (χ0) is 20.1. The second kappa shape index (κ2) is 7.14. The zero-order valence-corrected chi connectivity index (χ0v) is 17.4. The monoisotopic (exact) mass is 439 g/mol. The maximum Gasteiger partial charge on any atom is 0.339 e. The number of aromatic carboxylic acids is 1. The fourth-order valence-electron chi connectivity index (χ4n) is 3.57. The summed E-state index contributed by atoms with van der Waals surface area (Å²) in [5.41, 5.74) is 0.772. The Bertz CT molecular complexity index is 1160. The van der Waals surface area contributed by atoms with Crippen molar-refractivity contribution in [2.24, 2.45) is 0 Å². The van der Waals surface area contributed by atoms with Gasteiger partial charge in [0.25, 0.3) is 10.0 Å². The molecule has 0 aliphatic carbocycles. The summed E-state index contributed by atoms with van der Waals surface area (Å²) in [4.78, 5) is 11.2. The number of hydrogen-bond donors (Lipinski definition) is 1. The van der Waals surface area contributed by atoms with Crippen LogP contribution in [-0.4, -0.2) is 46.7 Å². The minimum Gasteiger partial charge on any atom is -0.478 e. The summed E-state index contributed by atoms with van der Waals surface area (Å²) in [6.45, 7) is 2.45. The fourth-order valence-corrected chi connectivity index (χ4v) is 6.76. The molecule has 0 atom stereocenters. The van der Waals surface area contributed by atoms with Gasteiger partial charge in [0.2, 0.25) is 0 Å². The number of nitrogens with zero attached hydrogens (tertiary/aromatic N) is 3. The Hall–Kier alpha value is -1.94. The number of halogens is 1. The van der Waals surface area contributed by atoms with E-state index in [1.807, 2.05) is 6.07 Å². The van der Waals surface area contributed by atoms with Crippen molar-refractivity contribution in [3.05, 3.63) is 46.7 Å². The van der Waals surface area contributed by atoms with Crippen molar-refractivity contribution in [1.82, 2.24) is 14.1 Å². The van der Waals surface area contributed by atoms with Crippen LogP contribution in [0.2, 0.25) is 5.02 Å². The second-order valence-electron chi connectivity index (χ2n) is 6.78. The molecule has 7 nitrogen and oxygen atoms in total. The summed E-state index contributed by atoms with van der Waals surface area (Å²) in [7, 11) is -3.58. The van der Waals surface area contributed by atoms with Crippen LogP contribution in [0.5, 0.6) is 0 Å². The Morgan fingerprint density at radius 2 is 2.00 bits per heavy atom. The SMILES string of the molecule is Cc1c(C(=O)O)cnn1C1CCN(S(=O)(=O)c2cc3cc(Cl)ccc3s2)CC1. The number of sulfonamides is 1. The smallest absolute Gasteiger partial charge is 0.339 e. The number of aromatic nitrogens is 2. The van der Waals surface area contributed by atoms with E-state index in [0.29, 0.717) is 40.9 Å². The van der Waals surface area contributed by atoms with Gasteiger partial charge in [-0.2, -0.15) is 9.40 Å². The minimum absolute atomic E-state index is 0.0132. The number of piperidine rings is 1. The average Bonchev–Trinajstić information content (AvgIpc) is 3.25. The molecule has 1 aromatic carbocycles. The first-order valence-corrected chi connectivity index (χ1v) is 11.4. The number of thiophene rings is 1. The van der Waals surface area contributed by atoms with Gasteiger partial charge in [-0.15, -0.1) is 11.3 Å². The van der Waals surface area contributed by atoms with E-state index in [2.05, 4.69) is 5.10 Å². The summed E-state index contributed by atoms with van der Waals surface area (Å²) in [6, 6.07) is 7.00. The molecule has 0 unspecified atom stereocenters. The molecule has 10 heteroatoms. The number of fused-ring (bicyclic) bond motifs is 1. The molecule has 0 bridgehead atoms. The largest absolute Gasteiger partial charge is 0.478 e. The molecule has 1 aliphatic rings. The van der Waals surface area contributed by atoms with Gasteiger partial charge in [-0.05, 0) is 49.4 Å². The van der Waals surface area contributed by atoms with Crippen LogP contribution in [0.4, 0.5) is 0 Å². The summed E-state index contributed by atoms with van der Waals surface area (Å²) in [6.07, 6.45) is 2.51. The summed E-state index contributed by atoms with van der Waals surface area (Å²) in [5.74, 6) is -1.01. The van der Waals surface area contributed by atoms with E-state index >= 15 is 0 Å². The van der Waals surface area contributed by atoms with Crippen LogP contribution in [0.3, 0.4) is 0 Å². The highest BCUT2D eigenvalue weighted by atomic mass is 35.5. The third-order valence-corrected chi connectivity index (χ3v) is 8.79. The second-order valence-corrected chi connectivity index (χ2v) is 10.5. The number of benzene rings is 1. The highest BCUT2D eigenvalue weighted by Gasteiger charge is 2.32. The molecular weight excluding hydrogens is 422 g/mol. The maximum atomic E-state index is 13.0. The van der Waals surface area contributed by atoms with Crippen LogP contribution in [0.15, 0.2) is 34.7 Å². The number of carbonyl (C=O) groups is 1. The van der Waals surface area contributed by atoms with Crippen LogP contribution in [0, 0.1) is 6.92 Å². The highest BCUT2D eigenvalue weighted by Crippen LogP contribution is 2.34. The lowest BCUT2D eigenvalue weighted by Crippen LogP contribution is -2.39. The Morgan fingerprint density at radius 3 is 2.64 bits per heavy atom. The average molecular weight is 440 g/mol. The molecule has 2 aromatic heterocycles. The van der Waals surface area contributed by atoms with E-state index in [4.69, 9.17) is 11.6 Å². The van der Waals surface area contributed by atoms with E-state index in [0.717, 1.165) is 10.1 Å². The van der Waals surface area contributed by atoms with Crippen LogP contribution in [-0.2, 0) is 10.0 Å². The maximum absolute atomic E-state index is 13.0.